The molecule has 20 heavy (non-hydrogen) atoms. The summed E-state index contributed by atoms with van der Waals surface area (Å²) in [5.41, 5.74) is 0.659. The number of aromatic nitrogens is 3. The number of carbonyl (C=O) groups is 1. The van der Waals surface area contributed by atoms with Crippen LogP contribution in [0.4, 0.5) is 5.82 Å². The van der Waals surface area contributed by atoms with E-state index in [4.69, 9.17) is 5.11 Å². The first-order valence-corrected chi connectivity index (χ1v) is 7.03. The van der Waals surface area contributed by atoms with Crippen LogP contribution in [0.1, 0.15) is 21.7 Å². The number of carboxylic acid groups (broad SMARTS) is 1. The molecule has 2 aromatic rings. The highest BCUT2D eigenvalue weighted by molar-refractivity contribution is 7.92. The first kappa shape index (κ1) is 14.0. The summed E-state index contributed by atoms with van der Waals surface area (Å²) < 4.78 is 26.7. The zero-order valence-electron chi connectivity index (χ0n) is 10.7. The standard InChI is InChI=1S/C11H12N4O4S/c1-6-10(7(2)14-13-6)20(18,19)15-9-5-8(11(16)17)3-4-12-9/h3-5H,1-2H3,(H,12,15)(H,13,14)(H,16,17). The third-order valence-electron chi connectivity index (χ3n) is 2.58. The van der Waals surface area contributed by atoms with Gasteiger partial charge in [0, 0.05) is 6.20 Å². The zero-order chi connectivity index (χ0) is 14.9. The SMILES string of the molecule is Cc1n[nH]c(C)c1S(=O)(=O)Nc1cc(C(=O)O)ccn1. The number of sulfonamides is 1. The van der Waals surface area contributed by atoms with E-state index in [9.17, 15) is 13.2 Å². The van der Waals surface area contributed by atoms with Gasteiger partial charge < -0.3 is 5.11 Å². The van der Waals surface area contributed by atoms with Gasteiger partial charge in [0.25, 0.3) is 10.0 Å². The Morgan fingerprint density at radius 3 is 2.65 bits per heavy atom. The second-order valence-corrected chi connectivity index (χ2v) is 5.72. The smallest absolute Gasteiger partial charge is 0.335 e. The number of aromatic carboxylic acids is 1. The highest BCUT2D eigenvalue weighted by Gasteiger charge is 2.23. The third-order valence-corrected chi connectivity index (χ3v) is 4.19. The Morgan fingerprint density at radius 1 is 1.40 bits per heavy atom. The summed E-state index contributed by atoms with van der Waals surface area (Å²) in [5.74, 6) is -1.23. The predicted molar refractivity (Wildman–Crippen MR) is 70.1 cm³/mol. The van der Waals surface area contributed by atoms with E-state index in [2.05, 4.69) is 19.9 Å². The molecule has 2 heterocycles. The minimum absolute atomic E-state index is 0.0278. The molecular weight excluding hydrogens is 284 g/mol. The molecule has 0 amide bonds. The predicted octanol–water partition coefficient (Wildman–Crippen LogP) is 0.921. The van der Waals surface area contributed by atoms with Gasteiger partial charge in [-0.25, -0.2) is 18.2 Å². The van der Waals surface area contributed by atoms with Crippen molar-refractivity contribution in [1.82, 2.24) is 15.2 Å². The molecule has 0 aliphatic carbocycles. The lowest BCUT2D eigenvalue weighted by Crippen LogP contribution is -2.16. The summed E-state index contributed by atoms with van der Waals surface area (Å²) in [6.45, 7) is 3.13. The molecule has 0 atom stereocenters. The number of hydrogen-bond donors (Lipinski definition) is 3. The number of hydrogen-bond acceptors (Lipinski definition) is 5. The number of aromatic amines is 1. The van der Waals surface area contributed by atoms with Gasteiger partial charge in [-0.15, -0.1) is 0 Å². The first-order chi connectivity index (χ1) is 9.31. The van der Waals surface area contributed by atoms with Crippen LogP contribution in [-0.2, 0) is 10.0 Å². The van der Waals surface area contributed by atoms with Crippen molar-refractivity contribution in [2.75, 3.05) is 4.72 Å². The Morgan fingerprint density at radius 2 is 2.10 bits per heavy atom. The molecule has 0 aromatic carbocycles. The van der Waals surface area contributed by atoms with E-state index in [1.165, 1.54) is 12.3 Å². The van der Waals surface area contributed by atoms with Crippen LogP contribution in [0.25, 0.3) is 0 Å². The number of nitrogens with zero attached hydrogens (tertiary/aromatic N) is 2. The van der Waals surface area contributed by atoms with E-state index in [0.29, 0.717) is 11.4 Å². The van der Waals surface area contributed by atoms with Crippen molar-refractivity contribution in [1.29, 1.82) is 0 Å². The highest BCUT2D eigenvalue weighted by Crippen LogP contribution is 2.20. The first-order valence-electron chi connectivity index (χ1n) is 5.55. The van der Waals surface area contributed by atoms with E-state index in [1.807, 2.05) is 0 Å². The molecule has 0 fully saturated rings. The lowest BCUT2D eigenvalue weighted by atomic mass is 10.3. The molecule has 0 spiro atoms. The fourth-order valence-corrected chi connectivity index (χ4v) is 3.12. The molecule has 0 radical (unpaired) electrons. The summed E-state index contributed by atoms with van der Waals surface area (Å²) in [7, 11) is -3.87. The lowest BCUT2D eigenvalue weighted by molar-refractivity contribution is 0.0697. The van der Waals surface area contributed by atoms with Gasteiger partial charge in [-0.3, -0.25) is 9.82 Å². The Bertz CT molecular complexity index is 747. The summed E-state index contributed by atoms with van der Waals surface area (Å²) in [6, 6.07) is 2.42. The van der Waals surface area contributed by atoms with Gasteiger partial charge in [0.05, 0.1) is 17.0 Å². The molecule has 106 valence electrons. The molecule has 9 heteroatoms. The van der Waals surface area contributed by atoms with Crippen LogP contribution in [0.15, 0.2) is 23.2 Å². The van der Waals surface area contributed by atoms with Crippen LogP contribution in [-0.4, -0.2) is 34.7 Å². The fourth-order valence-electron chi connectivity index (χ4n) is 1.74. The van der Waals surface area contributed by atoms with Crippen molar-refractivity contribution in [3.05, 3.63) is 35.3 Å². The average molecular weight is 296 g/mol. The van der Waals surface area contributed by atoms with Crippen molar-refractivity contribution < 1.29 is 18.3 Å². The molecule has 2 aromatic heterocycles. The van der Waals surface area contributed by atoms with E-state index in [-0.39, 0.29) is 16.3 Å². The zero-order valence-corrected chi connectivity index (χ0v) is 11.5. The van der Waals surface area contributed by atoms with Gasteiger partial charge in [0.2, 0.25) is 0 Å². The van der Waals surface area contributed by atoms with Gasteiger partial charge in [-0.1, -0.05) is 0 Å². The number of rotatable bonds is 4. The van der Waals surface area contributed by atoms with Crippen molar-refractivity contribution in [3.63, 3.8) is 0 Å². The number of pyridine rings is 1. The number of aryl methyl sites for hydroxylation is 2. The van der Waals surface area contributed by atoms with E-state index in [1.54, 1.807) is 13.8 Å². The second kappa shape index (κ2) is 4.93. The average Bonchev–Trinajstić information content (AvgIpc) is 2.69. The van der Waals surface area contributed by atoms with Crippen molar-refractivity contribution in [2.24, 2.45) is 0 Å². The Labute approximate surface area is 114 Å². The molecule has 2 rings (SSSR count). The number of nitrogens with one attached hydrogen (secondary N) is 2. The summed E-state index contributed by atoms with van der Waals surface area (Å²) in [5, 5.41) is 15.2. The summed E-state index contributed by atoms with van der Waals surface area (Å²) in [6.07, 6.45) is 1.22. The largest absolute Gasteiger partial charge is 0.478 e. The van der Waals surface area contributed by atoms with Crippen LogP contribution in [0.5, 0.6) is 0 Å². The van der Waals surface area contributed by atoms with Crippen LogP contribution < -0.4 is 4.72 Å². The Kier molecular flexibility index (Phi) is 3.45. The number of H-pyrrole nitrogens is 1. The minimum atomic E-state index is -3.87. The molecule has 0 saturated heterocycles. The minimum Gasteiger partial charge on any atom is -0.478 e. The highest BCUT2D eigenvalue weighted by atomic mass is 32.2. The molecule has 0 unspecified atom stereocenters. The molecular formula is C11H12N4O4S. The van der Waals surface area contributed by atoms with Crippen molar-refractivity contribution in [2.45, 2.75) is 18.7 Å². The number of carboxylic acids is 1. The maximum absolute atomic E-state index is 12.2. The van der Waals surface area contributed by atoms with Gasteiger partial charge in [-0.2, -0.15) is 5.10 Å². The molecule has 3 N–H and O–H groups in total. The maximum atomic E-state index is 12.2. The number of anilines is 1. The van der Waals surface area contributed by atoms with Crippen molar-refractivity contribution in [3.8, 4) is 0 Å². The topological polar surface area (TPSA) is 125 Å². The summed E-state index contributed by atoms with van der Waals surface area (Å²) in [4.78, 5) is 14.7. The third kappa shape index (κ3) is 2.62. The van der Waals surface area contributed by atoms with E-state index in [0.717, 1.165) is 6.07 Å². The lowest BCUT2D eigenvalue weighted by Gasteiger charge is -2.07. The van der Waals surface area contributed by atoms with Crippen LogP contribution in [0, 0.1) is 13.8 Å². The Hall–Kier alpha value is -2.42. The van der Waals surface area contributed by atoms with E-state index < -0.39 is 16.0 Å². The van der Waals surface area contributed by atoms with Gasteiger partial charge >= 0.3 is 5.97 Å². The second-order valence-electron chi connectivity index (χ2n) is 4.10. The molecule has 0 aliphatic rings. The van der Waals surface area contributed by atoms with Crippen molar-refractivity contribution >= 4 is 21.8 Å². The molecule has 0 aliphatic heterocycles. The fraction of sp³-hybridized carbons (Fsp3) is 0.182. The van der Waals surface area contributed by atoms with Gasteiger partial charge in [-0.05, 0) is 26.0 Å². The monoisotopic (exact) mass is 296 g/mol. The maximum Gasteiger partial charge on any atom is 0.335 e. The quantitative estimate of drug-likeness (QED) is 0.770. The van der Waals surface area contributed by atoms with Crippen LogP contribution in [0.3, 0.4) is 0 Å². The van der Waals surface area contributed by atoms with Crippen LogP contribution in [0.2, 0.25) is 0 Å². The van der Waals surface area contributed by atoms with Crippen LogP contribution >= 0.6 is 0 Å². The Balaban J connectivity index is 2.39. The van der Waals surface area contributed by atoms with Gasteiger partial charge in [0.1, 0.15) is 10.7 Å². The molecule has 8 nitrogen and oxygen atoms in total. The molecule has 0 saturated carbocycles. The summed E-state index contributed by atoms with van der Waals surface area (Å²) >= 11 is 0. The normalized spacial score (nSPS) is 11.3. The van der Waals surface area contributed by atoms with Gasteiger partial charge in [0.15, 0.2) is 0 Å². The molecule has 0 bridgehead atoms. The van der Waals surface area contributed by atoms with E-state index >= 15 is 0 Å².